The molecule has 0 atom stereocenters. The molecule has 0 radical (unpaired) electrons. The number of rotatable bonds is 7. The van der Waals surface area contributed by atoms with Crippen LogP contribution in [-0.2, 0) is 13.1 Å². The summed E-state index contributed by atoms with van der Waals surface area (Å²) in [6.45, 7) is 6.25. The third-order valence-electron chi connectivity index (χ3n) is 2.52. The molecular formula is C11H22N4O. The fraction of sp³-hybridized carbons (Fsp3) is 0.727. The van der Waals surface area contributed by atoms with Crippen LogP contribution in [0.4, 0.5) is 0 Å². The molecule has 0 unspecified atom stereocenters. The van der Waals surface area contributed by atoms with E-state index < -0.39 is 0 Å². The van der Waals surface area contributed by atoms with E-state index in [0.29, 0.717) is 0 Å². The lowest BCUT2D eigenvalue weighted by molar-refractivity contribution is 0.397. The van der Waals surface area contributed by atoms with Gasteiger partial charge in [0, 0.05) is 45.1 Å². The molecule has 1 aromatic rings. The topological polar surface area (TPSA) is 42.2 Å². The van der Waals surface area contributed by atoms with Gasteiger partial charge in [-0.3, -0.25) is 9.13 Å². The van der Waals surface area contributed by atoms with Gasteiger partial charge in [0.05, 0.1) is 0 Å². The number of aryl methyl sites for hydroxylation is 1. The van der Waals surface area contributed by atoms with Crippen LogP contribution in [0.15, 0.2) is 17.2 Å². The number of nitrogens with one attached hydrogen (secondary N) is 1. The van der Waals surface area contributed by atoms with E-state index in [0.717, 1.165) is 32.7 Å². The largest absolute Gasteiger partial charge is 0.328 e. The SMILES string of the molecule is CCn1ccn(CCNCCN(C)C)c1=O. The molecule has 0 fully saturated rings. The summed E-state index contributed by atoms with van der Waals surface area (Å²) in [6.07, 6.45) is 3.68. The van der Waals surface area contributed by atoms with E-state index >= 15 is 0 Å². The van der Waals surface area contributed by atoms with Gasteiger partial charge >= 0.3 is 5.69 Å². The maximum atomic E-state index is 11.7. The van der Waals surface area contributed by atoms with E-state index in [-0.39, 0.29) is 5.69 Å². The maximum Gasteiger partial charge on any atom is 0.328 e. The van der Waals surface area contributed by atoms with Gasteiger partial charge in [0.15, 0.2) is 0 Å². The predicted molar refractivity (Wildman–Crippen MR) is 65.8 cm³/mol. The second kappa shape index (κ2) is 6.50. The summed E-state index contributed by atoms with van der Waals surface area (Å²) in [5.74, 6) is 0. The summed E-state index contributed by atoms with van der Waals surface area (Å²) in [5, 5.41) is 3.31. The first kappa shape index (κ1) is 13.0. The van der Waals surface area contributed by atoms with E-state index in [9.17, 15) is 4.79 Å². The molecule has 0 saturated heterocycles. The molecule has 0 saturated carbocycles. The number of hydrogen-bond acceptors (Lipinski definition) is 3. The van der Waals surface area contributed by atoms with Crippen molar-refractivity contribution in [3.8, 4) is 0 Å². The van der Waals surface area contributed by atoms with Crippen molar-refractivity contribution in [2.75, 3.05) is 33.7 Å². The van der Waals surface area contributed by atoms with Gasteiger partial charge in [0.1, 0.15) is 0 Å². The van der Waals surface area contributed by atoms with Crippen molar-refractivity contribution < 1.29 is 0 Å². The molecule has 5 nitrogen and oxygen atoms in total. The highest BCUT2D eigenvalue weighted by Crippen LogP contribution is 1.84. The van der Waals surface area contributed by atoms with Crippen molar-refractivity contribution >= 4 is 0 Å². The van der Waals surface area contributed by atoms with Crippen LogP contribution in [0.2, 0.25) is 0 Å². The number of nitrogens with zero attached hydrogens (tertiary/aromatic N) is 3. The lowest BCUT2D eigenvalue weighted by Gasteiger charge is -2.10. The number of aromatic nitrogens is 2. The Morgan fingerprint density at radius 3 is 2.50 bits per heavy atom. The van der Waals surface area contributed by atoms with Crippen molar-refractivity contribution in [2.24, 2.45) is 0 Å². The zero-order chi connectivity index (χ0) is 12.0. The lowest BCUT2D eigenvalue weighted by atomic mass is 10.5. The third kappa shape index (κ3) is 3.83. The van der Waals surface area contributed by atoms with Crippen LogP contribution < -0.4 is 11.0 Å². The van der Waals surface area contributed by atoms with Crippen LogP contribution in [0.3, 0.4) is 0 Å². The van der Waals surface area contributed by atoms with Crippen molar-refractivity contribution in [1.82, 2.24) is 19.4 Å². The Hall–Kier alpha value is -1.07. The third-order valence-corrected chi connectivity index (χ3v) is 2.52. The Labute approximate surface area is 96.7 Å². The minimum absolute atomic E-state index is 0.0805. The second-order valence-corrected chi connectivity index (χ2v) is 4.11. The standard InChI is InChI=1S/C11H22N4O/c1-4-14-9-10-15(11(14)16)8-6-12-5-7-13(2)3/h9-10,12H,4-8H2,1-3H3. The Balaban J connectivity index is 2.27. The van der Waals surface area contributed by atoms with Crippen LogP contribution in [0, 0.1) is 0 Å². The van der Waals surface area contributed by atoms with E-state index in [4.69, 9.17) is 0 Å². The fourth-order valence-electron chi connectivity index (χ4n) is 1.49. The summed E-state index contributed by atoms with van der Waals surface area (Å²) in [6, 6.07) is 0. The summed E-state index contributed by atoms with van der Waals surface area (Å²) in [4.78, 5) is 13.8. The highest BCUT2D eigenvalue weighted by Gasteiger charge is 2.00. The van der Waals surface area contributed by atoms with Crippen molar-refractivity contribution in [2.45, 2.75) is 20.0 Å². The van der Waals surface area contributed by atoms with Gasteiger partial charge in [-0.2, -0.15) is 0 Å². The van der Waals surface area contributed by atoms with Crippen LogP contribution in [0.25, 0.3) is 0 Å². The number of hydrogen-bond donors (Lipinski definition) is 1. The molecule has 0 aromatic carbocycles. The minimum atomic E-state index is 0.0805. The summed E-state index contributed by atoms with van der Waals surface area (Å²) in [7, 11) is 4.10. The van der Waals surface area contributed by atoms with Crippen molar-refractivity contribution in [1.29, 1.82) is 0 Å². The molecule has 5 heteroatoms. The molecule has 1 aromatic heterocycles. The Morgan fingerprint density at radius 2 is 1.94 bits per heavy atom. The monoisotopic (exact) mass is 226 g/mol. The summed E-state index contributed by atoms with van der Waals surface area (Å²) in [5.41, 5.74) is 0.0805. The number of likely N-dealkylation sites (N-methyl/N-ethyl adjacent to an activating group) is 1. The van der Waals surface area contributed by atoms with E-state index in [2.05, 4.69) is 10.2 Å². The average Bonchev–Trinajstić information content (AvgIpc) is 2.59. The normalized spacial score (nSPS) is 11.2. The van der Waals surface area contributed by atoms with Crippen LogP contribution in [0.1, 0.15) is 6.92 Å². The smallest absolute Gasteiger partial charge is 0.314 e. The lowest BCUT2D eigenvalue weighted by Crippen LogP contribution is -2.31. The van der Waals surface area contributed by atoms with Crippen LogP contribution in [0.5, 0.6) is 0 Å². The van der Waals surface area contributed by atoms with Crippen LogP contribution in [-0.4, -0.2) is 47.8 Å². The molecule has 0 bridgehead atoms. The van der Waals surface area contributed by atoms with Gasteiger partial charge in [-0.05, 0) is 21.0 Å². The molecular weight excluding hydrogens is 204 g/mol. The average molecular weight is 226 g/mol. The van der Waals surface area contributed by atoms with Crippen molar-refractivity contribution in [3.05, 3.63) is 22.9 Å². The van der Waals surface area contributed by atoms with Gasteiger partial charge in [-0.25, -0.2) is 4.79 Å². The molecule has 16 heavy (non-hydrogen) atoms. The second-order valence-electron chi connectivity index (χ2n) is 4.11. The molecule has 1 N–H and O–H groups in total. The first-order valence-electron chi connectivity index (χ1n) is 5.76. The molecule has 1 heterocycles. The highest BCUT2D eigenvalue weighted by molar-refractivity contribution is 4.81. The highest BCUT2D eigenvalue weighted by atomic mass is 16.1. The first-order chi connectivity index (χ1) is 7.65. The fourth-order valence-corrected chi connectivity index (χ4v) is 1.49. The quantitative estimate of drug-likeness (QED) is 0.656. The zero-order valence-corrected chi connectivity index (χ0v) is 10.4. The van der Waals surface area contributed by atoms with Gasteiger partial charge in [-0.1, -0.05) is 0 Å². The molecule has 0 aliphatic rings. The van der Waals surface area contributed by atoms with Crippen LogP contribution >= 0.6 is 0 Å². The van der Waals surface area contributed by atoms with Gasteiger partial charge in [0.2, 0.25) is 0 Å². The molecule has 1 rings (SSSR count). The molecule has 0 spiro atoms. The van der Waals surface area contributed by atoms with Gasteiger partial charge in [-0.15, -0.1) is 0 Å². The molecule has 0 aliphatic heterocycles. The zero-order valence-electron chi connectivity index (χ0n) is 10.4. The Bertz CT molecular complexity index is 353. The molecule has 0 aliphatic carbocycles. The predicted octanol–water partition coefficient (Wildman–Crippen LogP) is -0.179. The maximum absolute atomic E-state index is 11.7. The van der Waals surface area contributed by atoms with Gasteiger partial charge in [0.25, 0.3) is 0 Å². The van der Waals surface area contributed by atoms with Crippen molar-refractivity contribution in [3.63, 3.8) is 0 Å². The first-order valence-corrected chi connectivity index (χ1v) is 5.76. The number of imidazole rings is 1. The summed E-state index contributed by atoms with van der Waals surface area (Å²) >= 11 is 0. The van der Waals surface area contributed by atoms with E-state index in [1.165, 1.54) is 0 Å². The van der Waals surface area contributed by atoms with Gasteiger partial charge < -0.3 is 10.2 Å². The Kier molecular flexibility index (Phi) is 5.28. The minimum Gasteiger partial charge on any atom is -0.314 e. The Morgan fingerprint density at radius 1 is 1.25 bits per heavy atom. The molecule has 0 amide bonds. The van der Waals surface area contributed by atoms with E-state index in [1.807, 2.05) is 33.4 Å². The molecule has 92 valence electrons. The van der Waals surface area contributed by atoms with E-state index in [1.54, 1.807) is 9.13 Å². The summed E-state index contributed by atoms with van der Waals surface area (Å²) < 4.78 is 3.45.